The van der Waals surface area contributed by atoms with Crippen molar-refractivity contribution in [1.29, 1.82) is 0 Å². The number of hydrogen-bond acceptors (Lipinski definition) is 5. The van der Waals surface area contributed by atoms with Crippen molar-refractivity contribution in [2.24, 2.45) is 0 Å². The van der Waals surface area contributed by atoms with Crippen LogP contribution in [0.3, 0.4) is 0 Å². The van der Waals surface area contributed by atoms with Crippen LogP contribution in [0.15, 0.2) is 30.5 Å². The number of hydrogen-bond donors (Lipinski definition) is 1. The van der Waals surface area contributed by atoms with Crippen LogP contribution in [-0.2, 0) is 58.6 Å². The normalized spacial score (nSPS) is 17.7. The van der Waals surface area contributed by atoms with E-state index in [4.69, 9.17) is 0 Å². The van der Waals surface area contributed by atoms with E-state index in [1.807, 2.05) is 30.5 Å². The Balaban J connectivity index is 0.00000171. The van der Waals surface area contributed by atoms with Gasteiger partial charge in [0.1, 0.15) is 0 Å². The van der Waals surface area contributed by atoms with Crippen molar-refractivity contribution in [3.8, 4) is 10.4 Å². The zero-order chi connectivity index (χ0) is 20.3. The third-order valence-corrected chi connectivity index (χ3v) is 6.95. The molecule has 1 aromatic carbocycles. The van der Waals surface area contributed by atoms with Gasteiger partial charge in [-0.1, -0.05) is 42.7 Å². The van der Waals surface area contributed by atoms with E-state index in [1.165, 1.54) is 0 Å². The second kappa shape index (κ2) is 12.0. The van der Waals surface area contributed by atoms with E-state index in [0.29, 0.717) is 18.4 Å². The van der Waals surface area contributed by atoms with Gasteiger partial charge in [0.2, 0.25) is 0 Å². The average molecular weight is 683 g/mol. The molecule has 1 amide bonds. The van der Waals surface area contributed by atoms with Crippen LogP contribution < -0.4 is 10.2 Å². The van der Waals surface area contributed by atoms with Gasteiger partial charge in [-0.3, -0.25) is 4.79 Å². The fraction of sp³-hybridized carbons (Fsp3) is 0.455. The molecule has 0 bridgehead atoms. The van der Waals surface area contributed by atoms with E-state index in [2.05, 4.69) is 27.4 Å². The Bertz CT molecular complexity index is 878. The SMILES string of the molecule is [CH2-]C(=O)C1(NC(=O)c2ccc(-c3cnc(N4CC[N-]CC4)s3)cc2)CCCCC1.[W].[Y]. The second-order valence-electron chi connectivity index (χ2n) is 7.76. The maximum absolute atomic E-state index is 12.8. The minimum Gasteiger partial charge on any atom is -0.659 e. The summed E-state index contributed by atoms with van der Waals surface area (Å²) in [6.07, 6.45) is 6.22. The quantitative estimate of drug-likeness (QED) is 0.487. The van der Waals surface area contributed by atoms with Gasteiger partial charge in [0.25, 0.3) is 5.91 Å². The summed E-state index contributed by atoms with van der Waals surface area (Å²) in [5, 5.41) is 8.37. The van der Waals surface area contributed by atoms with Crippen molar-refractivity contribution >= 4 is 28.2 Å². The van der Waals surface area contributed by atoms with Gasteiger partial charge < -0.3 is 27.3 Å². The summed E-state index contributed by atoms with van der Waals surface area (Å²) in [6.45, 7) is 7.15. The van der Waals surface area contributed by atoms with E-state index in [0.717, 1.165) is 61.0 Å². The Morgan fingerprint density at radius 2 is 1.74 bits per heavy atom. The van der Waals surface area contributed by atoms with Crippen molar-refractivity contribution in [3.05, 3.63) is 48.3 Å². The number of amides is 1. The van der Waals surface area contributed by atoms with Gasteiger partial charge in [-0.15, -0.1) is 13.1 Å². The third kappa shape index (κ3) is 6.26. The largest absolute Gasteiger partial charge is 0.659 e. The number of thiazole rings is 1. The molecule has 4 rings (SSSR count). The Morgan fingerprint density at radius 3 is 2.35 bits per heavy atom. The fourth-order valence-electron chi connectivity index (χ4n) is 4.05. The second-order valence-corrected chi connectivity index (χ2v) is 8.77. The predicted molar refractivity (Wildman–Crippen MR) is 117 cm³/mol. The molecule has 2 aliphatic rings. The minimum absolute atomic E-state index is 0. The Kier molecular flexibility index (Phi) is 10.4. The Morgan fingerprint density at radius 1 is 1.10 bits per heavy atom. The van der Waals surface area contributed by atoms with Crippen LogP contribution in [0.5, 0.6) is 0 Å². The van der Waals surface area contributed by atoms with Crippen LogP contribution >= 0.6 is 11.3 Å². The topological polar surface area (TPSA) is 76.4 Å². The molecule has 0 atom stereocenters. The molecule has 1 aromatic heterocycles. The maximum atomic E-state index is 12.8. The molecule has 6 nitrogen and oxygen atoms in total. The summed E-state index contributed by atoms with van der Waals surface area (Å²) in [4.78, 5) is 32.8. The van der Waals surface area contributed by atoms with Crippen LogP contribution in [-0.4, -0.2) is 48.4 Å². The molecule has 0 unspecified atom stereocenters. The summed E-state index contributed by atoms with van der Waals surface area (Å²) in [5.41, 5.74) is 0.788. The van der Waals surface area contributed by atoms with Gasteiger partial charge in [-0.05, 0) is 30.5 Å². The number of rotatable bonds is 5. The van der Waals surface area contributed by atoms with Gasteiger partial charge in [-0.2, -0.15) is 0 Å². The number of benzene rings is 1. The first-order chi connectivity index (χ1) is 14.1. The molecule has 9 heteroatoms. The number of Topliss-reactive ketones (excluding diaryl/α,β-unsaturated/α-hetero) is 1. The van der Waals surface area contributed by atoms with Crippen LogP contribution in [0.1, 0.15) is 42.5 Å². The summed E-state index contributed by atoms with van der Waals surface area (Å²) in [6, 6.07) is 7.51. The van der Waals surface area contributed by atoms with E-state index >= 15 is 0 Å². The molecule has 1 saturated heterocycles. The van der Waals surface area contributed by atoms with Crippen molar-refractivity contribution in [2.75, 3.05) is 31.1 Å². The van der Waals surface area contributed by atoms with E-state index in [-0.39, 0.29) is 65.5 Å². The van der Waals surface area contributed by atoms with Gasteiger partial charge >= 0.3 is 0 Å². The van der Waals surface area contributed by atoms with E-state index < -0.39 is 5.54 Å². The summed E-state index contributed by atoms with van der Waals surface area (Å²) in [5.74, 6) is -0.401. The molecule has 2 aromatic rings. The molecular weight excluding hydrogens is 657 g/mol. The summed E-state index contributed by atoms with van der Waals surface area (Å²) < 4.78 is 0. The van der Waals surface area contributed by atoms with E-state index in [9.17, 15) is 9.59 Å². The first-order valence-electron chi connectivity index (χ1n) is 10.2. The Hall–Kier alpha value is -0.588. The molecule has 163 valence electrons. The van der Waals surface area contributed by atoms with Crippen molar-refractivity contribution in [3.63, 3.8) is 0 Å². The molecule has 1 aliphatic heterocycles. The number of anilines is 1. The van der Waals surface area contributed by atoms with Crippen LogP contribution in [0.4, 0.5) is 5.13 Å². The Labute approximate surface area is 227 Å². The molecule has 1 saturated carbocycles. The molecule has 2 heterocycles. The van der Waals surface area contributed by atoms with Crippen molar-refractivity contribution in [1.82, 2.24) is 10.3 Å². The standard InChI is InChI=1S/C22H26N4O2S.W.Y/c1-16(27)22(9-3-2-4-10-22)25-20(28)18-7-5-17(6-8-18)19-15-24-21(29-19)26-13-11-23-12-14-26;;/h5-8,15H,1-4,9-14H2,(H,25,28);;/q-2;;. The molecule has 0 spiro atoms. The molecule has 31 heavy (non-hydrogen) atoms. The number of carbonyl (C=O) groups is 2. The predicted octanol–water partition coefficient (Wildman–Crippen LogP) is 3.83. The smallest absolute Gasteiger partial charge is 0.251 e. The van der Waals surface area contributed by atoms with Crippen LogP contribution in [0.2, 0.25) is 0 Å². The molecule has 1 radical (unpaired) electrons. The molecule has 1 N–H and O–H groups in total. The minimum atomic E-state index is -0.804. The number of ketones is 1. The van der Waals surface area contributed by atoms with Crippen LogP contribution in [0.25, 0.3) is 15.8 Å². The fourth-order valence-corrected chi connectivity index (χ4v) is 5.02. The zero-order valence-electron chi connectivity index (χ0n) is 17.5. The summed E-state index contributed by atoms with van der Waals surface area (Å²) in [7, 11) is 0. The number of carbonyl (C=O) groups excluding carboxylic acids is 2. The number of nitrogens with one attached hydrogen (secondary N) is 1. The first kappa shape index (κ1) is 26.7. The van der Waals surface area contributed by atoms with Gasteiger partial charge in [-0.25, -0.2) is 4.98 Å². The first-order valence-corrected chi connectivity index (χ1v) is 11.0. The number of aromatic nitrogens is 1. The van der Waals surface area contributed by atoms with Gasteiger partial charge in [0, 0.05) is 84.4 Å². The molecular formula is C22H26N4O2SWY-2. The average Bonchev–Trinajstić information content (AvgIpc) is 3.25. The molecule has 1 aliphatic carbocycles. The van der Waals surface area contributed by atoms with Crippen molar-refractivity contribution in [2.45, 2.75) is 37.6 Å². The number of piperazine rings is 1. The molecule has 2 fully saturated rings. The monoisotopic (exact) mass is 683 g/mol. The number of nitrogens with zero attached hydrogens (tertiary/aromatic N) is 3. The van der Waals surface area contributed by atoms with Crippen molar-refractivity contribution < 1.29 is 63.4 Å². The van der Waals surface area contributed by atoms with E-state index in [1.54, 1.807) is 11.3 Å². The van der Waals surface area contributed by atoms with Gasteiger partial charge in [0.15, 0.2) is 5.13 Å². The maximum Gasteiger partial charge on any atom is 0.251 e. The zero-order valence-corrected chi connectivity index (χ0v) is 24.1. The van der Waals surface area contributed by atoms with Gasteiger partial charge in [0.05, 0.1) is 10.4 Å². The summed E-state index contributed by atoms with van der Waals surface area (Å²) >= 11 is 1.66. The third-order valence-electron chi connectivity index (χ3n) is 5.85. The van der Waals surface area contributed by atoms with Crippen LogP contribution in [0, 0.1) is 6.92 Å².